The minimum absolute atomic E-state index is 0.0739. The zero-order chi connectivity index (χ0) is 14.1. The van der Waals surface area contributed by atoms with Gasteiger partial charge in [-0.25, -0.2) is 0 Å². The Morgan fingerprint density at radius 3 is 2.90 bits per heavy atom. The van der Waals surface area contributed by atoms with Gasteiger partial charge in [-0.2, -0.15) is 0 Å². The zero-order valence-electron chi connectivity index (χ0n) is 11.0. The van der Waals surface area contributed by atoms with Crippen molar-refractivity contribution in [3.8, 4) is 11.5 Å². The first-order chi connectivity index (χ1) is 9.65. The third-order valence-corrected chi connectivity index (χ3v) is 4.01. The van der Waals surface area contributed by atoms with Crippen molar-refractivity contribution in [1.82, 2.24) is 4.90 Å². The highest BCUT2D eigenvalue weighted by Gasteiger charge is 2.18. The van der Waals surface area contributed by atoms with Gasteiger partial charge in [0.1, 0.15) is 4.88 Å². The molecule has 0 fully saturated rings. The molecule has 2 heterocycles. The number of benzene rings is 1. The van der Waals surface area contributed by atoms with Gasteiger partial charge in [0.2, 0.25) is 6.79 Å². The summed E-state index contributed by atoms with van der Waals surface area (Å²) in [6, 6.07) is 7.42. The first-order valence-electron chi connectivity index (χ1n) is 6.12. The molecule has 1 aromatic carbocycles. The summed E-state index contributed by atoms with van der Waals surface area (Å²) < 4.78 is 10.6. The minimum Gasteiger partial charge on any atom is -0.454 e. The van der Waals surface area contributed by atoms with E-state index in [-0.39, 0.29) is 12.7 Å². The van der Waals surface area contributed by atoms with Gasteiger partial charge >= 0.3 is 0 Å². The molecule has 1 amide bonds. The van der Waals surface area contributed by atoms with Crippen LogP contribution in [0.4, 0.5) is 5.69 Å². The molecular formula is C14H14N2O3S. The fourth-order valence-electron chi connectivity index (χ4n) is 2.05. The van der Waals surface area contributed by atoms with E-state index in [9.17, 15) is 4.79 Å². The number of nitrogen functional groups attached to an aromatic ring is 1. The Morgan fingerprint density at radius 1 is 1.35 bits per heavy atom. The second kappa shape index (κ2) is 5.05. The van der Waals surface area contributed by atoms with Crippen LogP contribution in [-0.2, 0) is 6.54 Å². The van der Waals surface area contributed by atoms with Crippen molar-refractivity contribution < 1.29 is 14.3 Å². The molecule has 0 unspecified atom stereocenters. The normalized spacial score (nSPS) is 12.4. The number of thiophene rings is 1. The van der Waals surface area contributed by atoms with Crippen LogP contribution >= 0.6 is 11.3 Å². The standard InChI is InChI=1S/C14H14N2O3S/c1-16(14(17)13-10(15)4-5-20-13)7-9-2-3-11-12(6-9)19-8-18-11/h2-6H,7-8,15H2,1H3. The van der Waals surface area contributed by atoms with Gasteiger partial charge in [0.05, 0.1) is 5.69 Å². The molecule has 2 aromatic rings. The van der Waals surface area contributed by atoms with E-state index in [2.05, 4.69) is 0 Å². The van der Waals surface area contributed by atoms with E-state index in [1.54, 1.807) is 18.0 Å². The molecule has 0 saturated carbocycles. The van der Waals surface area contributed by atoms with Crippen molar-refractivity contribution in [1.29, 1.82) is 0 Å². The van der Waals surface area contributed by atoms with Gasteiger partial charge in [0.25, 0.3) is 5.91 Å². The van der Waals surface area contributed by atoms with E-state index in [0.29, 0.717) is 17.1 Å². The van der Waals surface area contributed by atoms with Crippen LogP contribution in [0.3, 0.4) is 0 Å². The average Bonchev–Trinajstić information content (AvgIpc) is 3.05. The Morgan fingerprint density at radius 2 is 2.15 bits per heavy atom. The van der Waals surface area contributed by atoms with Crippen molar-refractivity contribution >= 4 is 22.9 Å². The summed E-state index contributed by atoms with van der Waals surface area (Å²) in [5.41, 5.74) is 7.28. The third kappa shape index (κ3) is 2.30. The molecule has 0 atom stereocenters. The molecule has 0 spiro atoms. The molecule has 2 N–H and O–H groups in total. The Kier molecular flexibility index (Phi) is 3.23. The summed E-state index contributed by atoms with van der Waals surface area (Å²) in [6.07, 6.45) is 0. The van der Waals surface area contributed by atoms with Crippen molar-refractivity contribution in [2.75, 3.05) is 19.6 Å². The van der Waals surface area contributed by atoms with Gasteiger partial charge in [-0.05, 0) is 29.1 Å². The number of hydrogen-bond acceptors (Lipinski definition) is 5. The summed E-state index contributed by atoms with van der Waals surface area (Å²) in [4.78, 5) is 14.5. The van der Waals surface area contributed by atoms with Crippen LogP contribution in [0.2, 0.25) is 0 Å². The van der Waals surface area contributed by atoms with Gasteiger partial charge in [-0.3, -0.25) is 4.79 Å². The van der Waals surface area contributed by atoms with E-state index >= 15 is 0 Å². The number of carbonyl (C=O) groups is 1. The first kappa shape index (κ1) is 12.8. The van der Waals surface area contributed by atoms with Gasteiger partial charge in [-0.1, -0.05) is 6.07 Å². The number of amides is 1. The molecule has 1 aliphatic heterocycles. The highest BCUT2D eigenvalue weighted by atomic mass is 32.1. The molecule has 0 aliphatic carbocycles. The molecule has 0 radical (unpaired) electrons. The van der Waals surface area contributed by atoms with Crippen LogP contribution in [0.25, 0.3) is 0 Å². The Labute approximate surface area is 120 Å². The molecule has 1 aliphatic rings. The fourth-order valence-corrected chi connectivity index (χ4v) is 2.86. The summed E-state index contributed by atoms with van der Waals surface area (Å²) >= 11 is 1.36. The molecule has 104 valence electrons. The predicted molar refractivity (Wildman–Crippen MR) is 77.1 cm³/mol. The number of carbonyl (C=O) groups excluding carboxylic acids is 1. The molecular weight excluding hydrogens is 276 g/mol. The van der Waals surface area contributed by atoms with Crippen LogP contribution in [0, 0.1) is 0 Å². The fraction of sp³-hybridized carbons (Fsp3) is 0.214. The second-order valence-electron chi connectivity index (χ2n) is 4.55. The highest BCUT2D eigenvalue weighted by Crippen LogP contribution is 2.33. The Hall–Kier alpha value is -2.21. The van der Waals surface area contributed by atoms with Crippen molar-refractivity contribution in [2.45, 2.75) is 6.54 Å². The van der Waals surface area contributed by atoms with E-state index in [1.165, 1.54) is 11.3 Å². The number of hydrogen-bond donors (Lipinski definition) is 1. The highest BCUT2D eigenvalue weighted by molar-refractivity contribution is 7.12. The molecule has 20 heavy (non-hydrogen) atoms. The maximum atomic E-state index is 12.3. The lowest BCUT2D eigenvalue weighted by molar-refractivity contribution is 0.0790. The van der Waals surface area contributed by atoms with Crippen LogP contribution in [0.1, 0.15) is 15.2 Å². The minimum atomic E-state index is -0.0739. The summed E-state index contributed by atoms with van der Waals surface area (Å²) in [7, 11) is 1.76. The lowest BCUT2D eigenvalue weighted by Crippen LogP contribution is -2.26. The lowest BCUT2D eigenvalue weighted by Gasteiger charge is -2.17. The summed E-state index contributed by atoms with van der Waals surface area (Å²) in [5, 5.41) is 1.82. The first-order valence-corrected chi connectivity index (χ1v) is 7.00. The summed E-state index contributed by atoms with van der Waals surface area (Å²) in [6.45, 7) is 0.742. The van der Waals surface area contributed by atoms with Gasteiger partial charge in [-0.15, -0.1) is 11.3 Å². The van der Waals surface area contributed by atoms with E-state index < -0.39 is 0 Å². The predicted octanol–water partition coefficient (Wildman–Crippen LogP) is 2.33. The van der Waals surface area contributed by atoms with Crippen LogP contribution < -0.4 is 15.2 Å². The quantitative estimate of drug-likeness (QED) is 0.942. The van der Waals surface area contributed by atoms with Crippen LogP contribution in [0.15, 0.2) is 29.6 Å². The molecule has 1 aromatic heterocycles. The Balaban J connectivity index is 1.74. The second-order valence-corrected chi connectivity index (χ2v) is 5.47. The van der Waals surface area contributed by atoms with E-state index in [0.717, 1.165) is 17.1 Å². The number of nitrogens with zero attached hydrogens (tertiary/aromatic N) is 1. The number of rotatable bonds is 3. The molecule has 6 heteroatoms. The lowest BCUT2D eigenvalue weighted by atomic mass is 10.2. The van der Waals surface area contributed by atoms with Gasteiger partial charge in [0, 0.05) is 13.6 Å². The van der Waals surface area contributed by atoms with Gasteiger partial charge in [0.15, 0.2) is 11.5 Å². The van der Waals surface area contributed by atoms with Crippen LogP contribution in [-0.4, -0.2) is 24.6 Å². The monoisotopic (exact) mass is 290 g/mol. The number of anilines is 1. The molecule has 3 rings (SSSR count). The zero-order valence-corrected chi connectivity index (χ0v) is 11.8. The third-order valence-electron chi connectivity index (χ3n) is 3.09. The average molecular weight is 290 g/mol. The van der Waals surface area contributed by atoms with E-state index in [4.69, 9.17) is 15.2 Å². The number of nitrogens with two attached hydrogens (primary N) is 1. The largest absolute Gasteiger partial charge is 0.454 e. The SMILES string of the molecule is CN(Cc1ccc2c(c1)OCO2)C(=O)c1sccc1N. The number of fused-ring (bicyclic) bond motifs is 1. The molecule has 5 nitrogen and oxygen atoms in total. The number of ether oxygens (including phenoxy) is 2. The van der Waals surface area contributed by atoms with E-state index in [1.807, 2.05) is 23.6 Å². The summed E-state index contributed by atoms with van der Waals surface area (Å²) in [5.74, 6) is 1.39. The van der Waals surface area contributed by atoms with Crippen molar-refractivity contribution in [3.05, 3.63) is 40.1 Å². The maximum Gasteiger partial charge on any atom is 0.266 e. The van der Waals surface area contributed by atoms with Gasteiger partial charge < -0.3 is 20.1 Å². The van der Waals surface area contributed by atoms with Crippen molar-refractivity contribution in [2.24, 2.45) is 0 Å². The molecule has 0 saturated heterocycles. The maximum absolute atomic E-state index is 12.3. The smallest absolute Gasteiger partial charge is 0.266 e. The van der Waals surface area contributed by atoms with Crippen LogP contribution in [0.5, 0.6) is 11.5 Å². The topological polar surface area (TPSA) is 64.8 Å². The Bertz CT molecular complexity index is 654. The molecule has 0 bridgehead atoms. The van der Waals surface area contributed by atoms with Crippen molar-refractivity contribution in [3.63, 3.8) is 0 Å².